The van der Waals surface area contributed by atoms with Crippen LogP contribution < -0.4 is 21.1 Å². The minimum atomic E-state index is -0.691. The van der Waals surface area contributed by atoms with Crippen molar-refractivity contribution in [2.24, 2.45) is 5.73 Å². The molecule has 2 rings (SSSR count). The van der Waals surface area contributed by atoms with Gasteiger partial charge in [-0.05, 0) is 30.3 Å². The number of carbonyl (C=O) groups is 2. The third-order valence-corrected chi connectivity index (χ3v) is 2.82. The van der Waals surface area contributed by atoms with Crippen molar-refractivity contribution in [1.29, 1.82) is 0 Å². The first kappa shape index (κ1) is 15.3. The summed E-state index contributed by atoms with van der Waals surface area (Å²) < 4.78 is 18.1. The molecule has 6 nitrogen and oxygen atoms in total. The van der Waals surface area contributed by atoms with Gasteiger partial charge in [0.2, 0.25) is 0 Å². The van der Waals surface area contributed by atoms with Crippen molar-refractivity contribution in [3.63, 3.8) is 0 Å². The second-order valence-electron chi connectivity index (χ2n) is 4.37. The molecule has 0 aliphatic heterocycles. The fourth-order valence-electron chi connectivity index (χ4n) is 1.82. The van der Waals surface area contributed by atoms with Gasteiger partial charge in [-0.3, -0.25) is 4.79 Å². The standard InChI is InChI=1S/C15H14FN3O3/c1-22-11-5-6-12(14(17)20)13(8-11)19-15(21)18-10-4-2-3-9(16)7-10/h2-8H,1H3,(H2,17,20)(H2,18,19,21). The Morgan fingerprint density at radius 3 is 2.55 bits per heavy atom. The first-order chi connectivity index (χ1) is 10.5. The molecule has 22 heavy (non-hydrogen) atoms. The fourth-order valence-corrected chi connectivity index (χ4v) is 1.82. The van der Waals surface area contributed by atoms with Crippen LogP contribution in [0, 0.1) is 5.82 Å². The molecule has 0 heterocycles. The number of rotatable bonds is 4. The summed E-state index contributed by atoms with van der Waals surface area (Å²) in [6, 6.07) is 9.24. The highest BCUT2D eigenvalue weighted by Crippen LogP contribution is 2.22. The van der Waals surface area contributed by atoms with Gasteiger partial charge in [0.05, 0.1) is 18.4 Å². The number of halogens is 1. The highest BCUT2D eigenvalue weighted by Gasteiger charge is 2.12. The molecule has 0 fully saturated rings. The Morgan fingerprint density at radius 2 is 1.91 bits per heavy atom. The van der Waals surface area contributed by atoms with E-state index in [-0.39, 0.29) is 16.9 Å². The predicted octanol–water partition coefficient (Wildman–Crippen LogP) is 2.58. The number of nitrogens with one attached hydrogen (secondary N) is 2. The minimum Gasteiger partial charge on any atom is -0.497 e. The molecule has 0 atom stereocenters. The molecule has 2 aromatic carbocycles. The second kappa shape index (κ2) is 6.57. The van der Waals surface area contributed by atoms with Gasteiger partial charge in [-0.2, -0.15) is 0 Å². The van der Waals surface area contributed by atoms with Crippen LogP contribution in [0.4, 0.5) is 20.6 Å². The van der Waals surface area contributed by atoms with Crippen LogP contribution in [0.1, 0.15) is 10.4 Å². The van der Waals surface area contributed by atoms with Crippen molar-refractivity contribution in [2.75, 3.05) is 17.7 Å². The van der Waals surface area contributed by atoms with Crippen molar-refractivity contribution in [3.8, 4) is 5.75 Å². The molecule has 0 saturated carbocycles. The first-order valence-corrected chi connectivity index (χ1v) is 6.31. The van der Waals surface area contributed by atoms with E-state index in [0.717, 1.165) is 0 Å². The molecule has 0 aliphatic carbocycles. The highest BCUT2D eigenvalue weighted by atomic mass is 19.1. The van der Waals surface area contributed by atoms with Gasteiger partial charge in [0.25, 0.3) is 5.91 Å². The zero-order chi connectivity index (χ0) is 16.1. The molecule has 0 unspecified atom stereocenters. The van der Waals surface area contributed by atoms with E-state index in [0.29, 0.717) is 5.75 Å². The van der Waals surface area contributed by atoms with Crippen LogP contribution in [-0.2, 0) is 0 Å². The monoisotopic (exact) mass is 303 g/mol. The summed E-state index contributed by atoms with van der Waals surface area (Å²) in [5.74, 6) is -0.716. The van der Waals surface area contributed by atoms with Crippen LogP contribution >= 0.6 is 0 Å². The predicted molar refractivity (Wildman–Crippen MR) is 80.6 cm³/mol. The molecule has 114 valence electrons. The topological polar surface area (TPSA) is 93.4 Å². The SMILES string of the molecule is COc1ccc(C(N)=O)c(NC(=O)Nc2cccc(F)c2)c1. The molecule has 0 aliphatic rings. The third-order valence-electron chi connectivity index (χ3n) is 2.82. The molecular weight excluding hydrogens is 289 g/mol. The van der Waals surface area contributed by atoms with Crippen LogP contribution in [0.5, 0.6) is 5.75 Å². The van der Waals surface area contributed by atoms with Crippen LogP contribution in [0.25, 0.3) is 0 Å². The number of ether oxygens (including phenoxy) is 1. The zero-order valence-electron chi connectivity index (χ0n) is 11.7. The van der Waals surface area contributed by atoms with E-state index in [1.54, 1.807) is 6.07 Å². The van der Waals surface area contributed by atoms with Crippen LogP contribution in [0.2, 0.25) is 0 Å². The van der Waals surface area contributed by atoms with Gasteiger partial charge < -0.3 is 21.1 Å². The van der Waals surface area contributed by atoms with E-state index in [4.69, 9.17) is 10.5 Å². The molecular formula is C15H14FN3O3. The number of carbonyl (C=O) groups excluding carboxylic acids is 2. The molecule has 0 radical (unpaired) electrons. The number of hydrogen-bond donors (Lipinski definition) is 3. The maximum absolute atomic E-state index is 13.1. The van der Waals surface area contributed by atoms with Crippen molar-refractivity contribution >= 4 is 23.3 Å². The zero-order valence-corrected chi connectivity index (χ0v) is 11.7. The van der Waals surface area contributed by atoms with Crippen LogP contribution in [0.3, 0.4) is 0 Å². The van der Waals surface area contributed by atoms with E-state index in [1.807, 2.05) is 0 Å². The number of benzene rings is 2. The number of anilines is 2. The Balaban J connectivity index is 2.18. The largest absolute Gasteiger partial charge is 0.497 e. The van der Waals surface area contributed by atoms with Crippen LogP contribution in [-0.4, -0.2) is 19.0 Å². The summed E-state index contributed by atoms with van der Waals surface area (Å²) in [5.41, 5.74) is 5.86. The van der Waals surface area contributed by atoms with Gasteiger partial charge in [-0.15, -0.1) is 0 Å². The summed E-state index contributed by atoms with van der Waals surface area (Å²) in [5, 5.41) is 4.93. The second-order valence-corrected chi connectivity index (χ2v) is 4.37. The van der Waals surface area contributed by atoms with Crippen molar-refractivity contribution in [2.45, 2.75) is 0 Å². The summed E-state index contributed by atoms with van der Waals surface area (Å²) in [4.78, 5) is 23.3. The van der Waals surface area contributed by atoms with Gasteiger partial charge in [-0.25, -0.2) is 9.18 Å². The maximum Gasteiger partial charge on any atom is 0.323 e. The molecule has 4 N–H and O–H groups in total. The number of amides is 3. The number of urea groups is 1. The highest BCUT2D eigenvalue weighted by molar-refractivity contribution is 6.06. The summed E-state index contributed by atoms with van der Waals surface area (Å²) in [7, 11) is 1.45. The van der Waals surface area contributed by atoms with E-state index < -0.39 is 17.8 Å². The van der Waals surface area contributed by atoms with E-state index in [9.17, 15) is 14.0 Å². The van der Waals surface area contributed by atoms with E-state index >= 15 is 0 Å². The maximum atomic E-state index is 13.1. The molecule has 7 heteroatoms. The summed E-state index contributed by atoms with van der Waals surface area (Å²) in [6.07, 6.45) is 0. The third kappa shape index (κ3) is 3.72. The van der Waals surface area contributed by atoms with Crippen molar-refractivity contribution in [3.05, 3.63) is 53.8 Å². The number of hydrogen-bond acceptors (Lipinski definition) is 3. The van der Waals surface area contributed by atoms with Gasteiger partial charge in [-0.1, -0.05) is 6.07 Å². The lowest BCUT2D eigenvalue weighted by atomic mass is 10.1. The Morgan fingerprint density at radius 1 is 1.14 bits per heavy atom. The molecule has 0 saturated heterocycles. The Bertz CT molecular complexity index is 719. The van der Waals surface area contributed by atoms with Crippen molar-refractivity contribution in [1.82, 2.24) is 0 Å². The molecule has 0 bridgehead atoms. The van der Waals surface area contributed by atoms with Gasteiger partial charge in [0.15, 0.2) is 0 Å². The fraction of sp³-hybridized carbons (Fsp3) is 0.0667. The van der Waals surface area contributed by atoms with Crippen molar-refractivity contribution < 1.29 is 18.7 Å². The molecule has 3 amide bonds. The number of primary amides is 1. The molecule has 2 aromatic rings. The average molecular weight is 303 g/mol. The number of methoxy groups -OCH3 is 1. The average Bonchev–Trinajstić information content (AvgIpc) is 2.46. The normalized spacial score (nSPS) is 9.91. The lowest BCUT2D eigenvalue weighted by Crippen LogP contribution is -2.22. The van der Waals surface area contributed by atoms with Gasteiger partial charge in [0.1, 0.15) is 11.6 Å². The minimum absolute atomic E-state index is 0.134. The first-order valence-electron chi connectivity index (χ1n) is 6.31. The Kier molecular flexibility index (Phi) is 4.57. The summed E-state index contributed by atoms with van der Waals surface area (Å²) >= 11 is 0. The Hall–Kier alpha value is -3.09. The Labute approximate surface area is 126 Å². The summed E-state index contributed by atoms with van der Waals surface area (Å²) in [6.45, 7) is 0. The molecule has 0 aromatic heterocycles. The van der Waals surface area contributed by atoms with Gasteiger partial charge >= 0.3 is 6.03 Å². The van der Waals surface area contributed by atoms with Crippen LogP contribution in [0.15, 0.2) is 42.5 Å². The smallest absolute Gasteiger partial charge is 0.323 e. The quantitative estimate of drug-likeness (QED) is 0.810. The van der Waals surface area contributed by atoms with E-state index in [2.05, 4.69) is 10.6 Å². The van der Waals surface area contributed by atoms with E-state index in [1.165, 1.54) is 43.5 Å². The van der Waals surface area contributed by atoms with Gasteiger partial charge in [0, 0.05) is 11.8 Å². The molecule has 0 spiro atoms. The lowest BCUT2D eigenvalue weighted by Gasteiger charge is -2.12. The lowest BCUT2D eigenvalue weighted by molar-refractivity contribution is 0.100. The number of nitrogens with two attached hydrogens (primary N) is 1.